The molecule has 2 aromatic rings. The molecule has 0 bridgehead atoms. The quantitative estimate of drug-likeness (QED) is 0.659. The van der Waals surface area contributed by atoms with E-state index in [0.29, 0.717) is 0 Å². The zero-order chi connectivity index (χ0) is 8.84. The van der Waals surface area contributed by atoms with E-state index >= 15 is 0 Å². The standard InChI is InChI=1S/C10H9ClN2/c11-8-2-1-6-3-12-4-7-5-13-10(8)9(6)7/h1-2,5,12-13H,3-4H2. The molecule has 0 amide bonds. The third-order valence-corrected chi connectivity index (χ3v) is 2.90. The Bertz CT molecular complexity index is 473. The van der Waals surface area contributed by atoms with E-state index in [1.807, 2.05) is 12.3 Å². The SMILES string of the molecule is Clc1ccc2c3c(c[nH]c13)CNC2. The van der Waals surface area contributed by atoms with Crippen molar-refractivity contribution in [2.45, 2.75) is 13.1 Å². The minimum Gasteiger partial charge on any atom is -0.360 e. The predicted octanol–water partition coefficient (Wildman–Crippen LogP) is 2.42. The number of rotatable bonds is 0. The first kappa shape index (κ1) is 7.42. The molecule has 0 aliphatic carbocycles. The van der Waals surface area contributed by atoms with Crippen LogP contribution in [-0.2, 0) is 13.1 Å². The summed E-state index contributed by atoms with van der Waals surface area (Å²) in [6.45, 7) is 1.88. The number of H-pyrrole nitrogens is 1. The van der Waals surface area contributed by atoms with E-state index in [1.165, 1.54) is 16.5 Å². The van der Waals surface area contributed by atoms with Gasteiger partial charge in [0.2, 0.25) is 0 Å². The van der Waals surface area contributed by atoms with Gasteiger partial charge in [-0.2, -0.15) is 0 Å². The molecule has 1 aliphatic rings. The number of aromatic nitrogens is 1. The fourth-order valence-electron chi connectivity index (χ4n) is 1.98. The van der Waals surface area contributed by atoms with Crippen molar-refractivity contribution in [3.63, 3.8) is 0 Å². The van der Waals surface area contributed by atoms with Crippen molar-refractivity contribution in [1.82, 2.24) is 10.3 Å². The molecule has 1 aliphatic heterocycles. The predicted molar refractivity (Wildman–Crippen MR) is 53.9 cm³/mol. The van der Waals surface area contributed by atoms with E-state index in [-0.39, 0.29) is 0 Å². The van der Waals surface area contributed by atoms with Gasteiger partial charge in [0, 0.05) is 24.7 Å². The van der Waals surface area contributed by atoms with Gasteiger partial charge in [-0.15, -0.1) is 0 Å². The zero-order valence-corrected chi connectivity index (χ0v) is 7.78. The van der Waals surface area contributed by atoms with E-state index in [2.05, 4.69) is 16.4 Å². The van der Waals surface area contributed by atoms with Crippen LogP contribution in [0.4, 0.5) is 0 Å². The summed E-state index contributed by atoms with van der Waals surface area (Å²) < 4.78 is 0. The van der Waals surface area contributed by atoms with Crippen LogP contribution in [0.15, 0.2) is 18.3 Å². The Morgan fingerprint density at radius 1 is 1.15 bits per heavy atom. The number of halogens is 1. The lowest BCUT2D eigenvalue weighted by molar-refractivity contribution is 0.684. The topological polar surface area (TPSA) is 27.8 Å². The van der Waals surface area contributed by atoms with Gasteiger partial charge in [0.15, 0.2) is 0 Å². The summed E-state index contributed by atoms with van der Waals surface area (Å²) in [6.07, 6.45) is 2.03. The summed E-state index contributed by atoms with van der Waals surface area (Å²) in [6, 6.07) is 4.04. The average molecular weight is 193 g/mol. The highest BCUT2D eigenvalue weighted by Gasteiger charge is 2.14. The largest absolute Gasteiger partial charge is 0.360 e. The maximum atomic E-state index is 6.07. The Balaban J connectivity index is 2.50. The summed E-state index contributed by atoms with van der Waals surface area (Å²) in [5.74, 6) is 0. The van der Waals surface area contributed by atoms with E-state index in [0.717, 1.165) is 23.6 Å². The Hall–Kier alpha value is -0.990. The van der Waals surface area contributed by atoms with Crippen LogP contribution in [0.3, 0.4) is 0 Å². The van der Waals surface area contributed by atoms with Crippen molar-refractivity contribution in [3.05, 3.63) is 34.5 Å². The Kier molecular flexibility index (Phi) is 1.43. The van der Waals surface area contributed by atoms with Crippen molar-refractivity contribution in [1.29, 1.82) is 0 Å². The Morgan fingerprint density at radius 3 is 2.92 bits per heavy atom. The Morgan fingerprint density at radius 2 is 2.00 bits per heavy atom. The minimum absolute atomic E-state index is 0.812. The number of benzene rings is 1. The van der Waals surface area contributed by atoms with Crippen LogP contribution in [0.5, 0.6) is 0 Å². The third-order valence-electron chi connectivity index (χ3n) is 2.58. The molecule has 2 N–H and O–H groups in total. The molecule has 0 atom stereocenters. The highest BCUT2D eigenvalue weighted by atomic mass is 35.5. The molecule has 3 rings (SSSR count). The summed E-state index contributed by atoms with van der Waals surface area (Å²) in [4.78, 5) is 3.22. The van der Waals surface area contributed by atoms with Gasteiger partial charge in [-0.25, -0.2) is 0 Å². The lowest BCUT2D eigenvalue weighted by atomic mass is 10.0. The van der Waals surface area contributed by atoms with Gasteiger partial charge >= 0.3 is 0 Å². The van der Waals surface area contributed by atoms with E-state index in [4.69, 9.17) is 11.6 Å². The first-order valence-corrected chi connectivity index (χ1v) is 4.72. The lowest BCUT2D eigenvalue weighted by Crippen LogP contribution is -2.16. The van der Waals surface area contributed by atoms with Crippen molar-refractivity contribution in [2.24, 2.45) is 0 Å². The maximum Gasteiger partial charge on any atom is 0.0649 e. The van der Waals surface area contributed by atoms with Gasteiger partial charge in [0.05, 0.1) is 10.5 Å². The second-order valence-corrected chi connectivity index (χ2v) is 3.78. The fraction of sp³-hybridized carbons (Fsp3) is 0.200. The number of hydrogen-bond acceptors (Lipinski definition) is 1. The smallest absolute Gasteiger partial charge is 0.0649 e. The van der Waals surface area contributed by atoms with Gasteiger partial charge in [-0.05, 0) is 17.2 Å². The molecule has 13 heavy (non-hydrogen) atoms. The normalized spacial score (nSPS) is 15.2. The minimum atomic E-state index is 0.812. The van der Waals surface area contributed by atoms with Gasteiger partial charge in [-0.1, -0.05) is 17.7 Å². The first-order valence-electron chi connectivity index (χ1n) is 4.34. The molecular weight excluding hydrogens is 184 g/mol. The second kappa shape index (κ2) is 2.50. The summed E-state index contributed by atoms with van der Waals surface area (Å²) in [5, 5.41) is 5.47. The third kappa shape index (κ3) is 0.929. The molecule has 2 heterocycles. The molecule has 0 fully saturated rings. The highest BCUT2D eigenvalue weighted by molar-refractivity contribution is 6.35. The highest BCUT2D eigenvalue weighted by Crippen LogP contribution is 2.30. The van der Waals surface area contributed by atoms with Gasteiger partial charge in [0.25, 0.3) is 0 Å². The van der Waals surface area contributed by atoms with Crippen molar-refractivity contribution in [3.8, 4) is 0 Å². The maximum absolute atomic E-state index is 6.07. The molecule has 2 nitrogen and oxygen atoms in total. The molecule has 0 unspecified atom stereocenters. The van der Waals surface area contributed by atoms with Crippen LogP contribution >= 0.6 is 11.6 Å². The van der Waals surface area contributed by atoms with Crippen LogP contribution in [0, 0.1) is 0 Å². The molecule has 0 saturated carbocycles. The molecule has 0 spiro atoms. The molecule has 1 aromatic carbocycles. The van der Waals surface area contributed by atoms with Gasteiger partial charge < -0.3 is 10.3 Å². The van der Waals surface area contributed by atoms with Crippen LogP contribution in [-0.4, -0.2) is 4.98 Å². The molecule has 0 saturated heterocycles. The number of hydrogen-bond donors (Lipinski definition) is 2. The van der Waals surface area contributed by atoms with E-state index in [9.17, 15) is 0 Å². The lowest BCUT2D eigenvalue weighted by Gasteiger charge is -2.13. The summed E-state index contributed by atoms with van der Waals surface area (Å²) >= 11 is 6.07. The summed E-state index contributed by atoms with van der Waals surface area (Å²) in [7, 11) is 0. The zero-order valence-electron chi connectivity index (χ0n) is 7.02. The monoisotopic (exact) mass is 192 g/mol. The van der Waals surface area contributed by atoms with E-state index < -0.39 is 0 Å². The van der Waals surface area contributed by atoms with Crippen molar-refractivity contribution >= 4 is 22.5 Å². The first-order chi connectivity index (χ1) is 6.36. The molecule has 1 aromatic heterocycles. The molecule has 0 radical (unpaired) electrons. The number of aromatic amines is 1. The van der Waals surface area contributed by atoms with Crippen molar-refractivity contribution < 1.29 is 0 Å². The average Bonchev–Trinajstić information content (AvgIpc) is 2.57. The molecular formula is C10H9ClN2. The van der Waals surface area contributed by atoms with Crippen LogP contribution < -0.4 is 5.32 Å². The molecule has 66 valence electrons. The van der Waals surface area contributed by atoms with Gasteiger partial charge in [-0.3, -0.25) is 0 Å². The second-order valence-electron chi connectivity index (χ2n) is 3.37. The van der Waals surface area contributed by atoms with Gasteiger partial charge in [0.1, 0.15) is 0 Å². The van der Waals surface area contributed by atoms with Crippen LogP contribution in [0.2, 0.25) is 5.02 Å². The van der Waals surface area contributed by atoms with Crippen LogP contribution in [0.25, 0.3) is 10.9 Å². The Labute approximate surface area is 80.9 Å². The fourth-order valence-corrected chi connectivity index (χ4v) is 2.19. The van der Waals surface area contributed by atoms with Crippen molar-refractivity contribution in [2.75, 3.05) is 0 Å². The van der Waals surface area contributed by atoms with Crippen LogP contribution in [0.1, 0.15) is 11.1 Å². The number of nitrogens with one attached hydrogen (secondary N) is 2. The summed E-state index contributed by atoms with van der Waals surface area (Å²) in [5.41, 5.74) is 3.73. The molecule has 3 heteroatoms. The van der Waals surface area contributed by atoms with E-state index in [1.54, 1.807) is 0 Å².